The number of carbonyl (C=O) groups excluding carboxylic acids is 1. The molecular formula is C21H31FNO7P. The number of hydrogen-bond donors (Lipinski definition) is 3. The minimum atomic E-state index is -4.35. The highest BCUT2D eigenvalue weighted by Crippen LogP contribution is 2.46. The van der Waals surface area contributed by atoms with Crippen LogP contribution in [0.3, 0.4) is 0 Å². The normalized spacial score (nSPS) is 21.1. The molecule has 0 aliphatic heterocycles. The van der Waals surface area contributed by atoms with E-state index in [1.165, 1.54) is 32.1 Å². The number of halogens is 1. The number of benzene rings is 1. The van der Waals surface area contributed by atoms with E-state index >= 15 is 0 Å². The van der Waals surface area contributed by atoms with Gasteiger partial charge in [0.05, 0.1) is 0 Å². The topological polar surface area (TPSA) is 114 Å². The van der Waals surface area contributed by atoms with Crippen LogP contribution in [0.25, 0.3) is 0 Å². The lowest BCUT2D eigenvalue weighted by Crippen LogP contribution is -2.42. The molecule has 1 aromatic carbocycles. The molecule has 1 saturated carbocycles. The van der Waals surface area contributed by atoms with Crippen LogP contribution in [-0.2, 0) is 18.6 Å². The van der Waals surface area contributed by atoms with Gasteiger partial charge in [0.25, 0.3) is 5.85 Å². The van der Waals surface area contributed by atoms with E-state index in [0.717, 1.165) is 38.2 Å². The van der Waals surface area contributed by atoms with Gasteiger partial charge in [-0.2, -0.15) is 5.09 Å². The Morgan fingerprint density at radius 1 is 1.32 bits per heavy atom. The first-order valence-electron chi connectivity index (χ1n) is 10.3. The van der Waals surface area contributed by atoms with Gasteiger partial charge in [0.15, 0.2) is 0 Å². The summed E-state index contributed by atoms with van der Waals surface area (Å²) >= 11 is 0. The highest BCUT2D eigenvalue weighted by Gasteiger charge is 2.40. The van der Waals surface area contributed by atoms with Gasteiger partial charge in [-0.3, -0.25) is 9.32 Å². The Balaban J connectivity index is 2.09. The molecule has 8 nitrogen and oxygen atoms in total. The van der Waals surface area contributed by atoms with Crippen LogP contribution in [0.15, 0.2) is 42.5 Å². The smallest absolute Gasteiger partial charge is 0.459 e. The lowest BCUT2D eigenvalue weighted by molar-refractivity contribution is -0.173. The van der Waals surface area contributed by atoms with Crippen molar-refractivity contribution in [2.24, 2.45) is 0 Å². The first-order chi connectivity index (χ1) is 14.6. The van der Waals surface area contributed by atoms with Crippen LogP contribution in [0.2, 0.25) is 0 Å². The van der Waals surface area contributed by atoms with E-state index in [1.807, 2.05) is 0 Å². The SMILES string of the molecule is CC=C[C@H](O)[C@@](O)(F)COP(=O)(NC(C)C(=O)OC1CCCCC1)Oc1ccccc1. The molecule has 1 aliphatic rings. The lowest BCUT2D eigenvalue weighted by Gasteiger charge is -2.28. The largest absolute Gasteiger partial charge is 0.461 e. The van der Waals surface area contributed by atoms with Gasteiger partial charge in [-0.25, -0.2) is 8.96 Å². The maximum Gasteiger partial charge on any atom is 0.459 e. The summed E-state index contributed by atoms with van der Waals surface area (Å²) in [5.41, 5.74) is 0. The third-order valence-corrected chi connectivity index (χ3v) is 6.40. The third kappa shape index (κ3) is 8.35. The van der Waals surface area contributed by atoms with Gasteiger partial charge in [0.1, 0.15) is 30.6 Å². The fourth-order valence-corrected chi connectivity index (χ4v) is 4.55. The van der Waals surface area contributed by atoms with Crippen molar-refractivity contribution < 1.29 is 37.7 Å². The van der Waals surface area contributed by atoms with Gasteiger partial charge in [-0.05, 0) is 51.7 Å². The molecule has 10 heteroatoms. The molecule has 0 radical (unpaired) electrons. The fraction of sp³-hybridized carbons (Fsp3) is 0.571. The Bertz CT molecular complexity index is 768. The van der Waals surface area contributed by atoms with Gasteiger partial charge in [-0.1, -0.05) is 36.8 Å². The highest BCUT2D eigenvalue weighted by molar-refractivity contribution is 7.52. The van der Waals surface area contributed by atoms with E-state index in [1.54, 1.807) is 18.2 Å². The Labute approximate surface area is 182 Å². The summed E-state index contributed by atoms with van der Waals surface area (Å²) in [5, 5.41) is 21.9. The lowest BCUT2D eigenvalue weighted by atomic mass is 9.98. The molecule has 0 aromatic heterocycles. The van der Waals surface area contributed by atoms with Crippen molar-refractivity contribution in [1.82, 2.24) is 5.09 Å². The number of para-hydroxylation sites is 1. The quantitative estimate of drug-likeness (QED) is 0.261. The Hall–Kier alpha value is -1.77. The molecule has 0 bridgehead atoms. The Morgan fingerprint density at radius 3 is 2.58 bits per heavy atom. The maximum atomic E-state index is 14.4. The summed E-state index contributed by atoms with van der Waals surface area (Å²) in [7, 11) is -4.35. The van der Waals surface area contributed by atoms with Crippen molar-refractivity contribution in [1.29, 1.82) is 0 Å². The summed E-state index contributed by atoms with van der Waals surface area (Å²) in [6, 6.07) is 6.87. The molecule has 174 valence electrons. The molecule has 0 saturated heterocycles. The van der Waals surface area contributed by atoms with E-state index in [4.69, 9.17) is 13.8 Å². The van der Waals surface area contributed by atoms with Gasteiger partial charge in [0.2, 0.25) is 0 Å². The van der Waals surface area contributed by atoms with Gasteiger partial charge in [-0.15, -0.1) is 0 Å². The van der Waals surface area contributed by atoms with E-state index in [-0.39, 0.29) is 11.9 Å². The molecular weight excluding hydrogens is 428 g/mol. The number of allylic oxidation sites excluding steroid dienone is 1. The molecule has 2 rings (SSSR count). The average Bonchev–Trinajstić information content (AvgIpc) is 2.74. The van der Waals surface area contributed by atoms with Crippen molar-refractivity contribution in [3.63, 3.8) is 0 Å². The van der Waals surface area contributed by atoms with Gasteiger partial charge >= 0.3 is 13.7 Å². The summed E-state index contributed by atoms with van der Waals surface area (Å²) in [4.78, 5) is 12.4. The minimum Gasteiger partial charge on any atom is -0.461 e. The zero-order valence-corrected chi connectivity index (χ0v) is 18.7. The third-order valence-electron chi connectivity index (χ3n) is 4.77. The first kappa shape index (κ1) is 25.5. The van der Waals surface area contributed by atoms with Crippen LogP contribution in [0.4, 0.5) is 4.39 Å². The van der Waals surface area contributed by atoms with Crippen LogP contribution in [0.5, 0.6) is 5.75 Å². The average molecular weight is 459 g/mol. The number of nitrogens with one attached hydrogen (secondary N) is 1. The molecule has 1 aliphatic carbocycles. The predicted octanol–water partition coefficient (Wildman–Crippen LogP) is 3.64. The number of carbonyl (C=O) groups is 1. The minimum absolute atomic E-state index is 0.141. The van der Waals surface area contributed by atoms with E-state index in [9.17, 15) is 24.0 Å². The van der Waals surface area contributed by atoms with Crippen molar-refractivity contribution >= 4 is 13.7 Å². The van der Waals surface area contributed by atoms with Gasteiger partial charge < -0.3 is 19.5 Å². The molecule has 1 aromatic rings. The second kappa shape index (κ2) is 11.7. The number of aliphatic hydroxyl groups is 2. The number of ether oxygens (including phenoxy) is 1. The number of hydrogen-bond acceptors (Lipinski definition) is 7. The van der Waals surface area contributed by atoms with Crippen LogP contribution >= 0.6 is 7.75 Å². The van der Waals surface area contributed by atoms with Gasteiger partial charge in [0, 0.05) is 0 Å². The molecule has 31 heavy (non-hydrogen) atoms. The summed E-state index contributed by atoms with van der Waals surface area (Å²) < 4.78 is 43.6. The van der Waals surface area contributed by atoms with E-state index < -0.39 is 38.3 Å². The standard InChI is InChI=1S/C21H31FNO7P/c1-3-10-19(24)21(22,26)15-28-31(27,30-18-13-8-5-9-14-18)23-16(2)20(25)29-17-11-6-4-7-12-17/h3,5,8-10,13-14,16-17,19,24,26H,4,6-7,11-12,15H2,1-2H3,(H,23,27)/t16?,19-,21+,31?/m0/s1. The number of esters is 1. The summed E-state index contributed by atoms with van der Waals surface area (Å²) in [5.74, 6) is -3.73. The van der Waals surface area contributed by atoms with Crippen LogP contribution < -0.4 is 9.61 Å². The summed E-state index contributed by atoms with van der Waals surface area (Å²) in [6.07, 6.45) is 4.84. The molecule has 0 heterocycles. The molecule has 4 atom stereocenters. The molecule has 0 amide bonds. The number of alkyl halides is 1. The first-order valence-corrected chi connectivity index (χ1v) is 11.9. The van der Waals surface area contributed by atoms with Crippen LogP contribution in [0, 0.1) is 0 Å². The molecule has 0 spiro atoms. The maximum absolute atomic E-state index is 14.4. The summed E-state index contributed by atoms with van der Waals surface area (Å²) in [6.45, 7) is 1.79. The number of aliphatic hydroxyl groups excluding tert-OH is 1. The zero-order chi connectivity index (χ0) is 22.9. The second-order valence-corrected chi connectivity index (χ2v) is 9.21. The molecule has 1 fully saturated rings. The van der Waals surface area contributed by atoms with E-state index in [2.05, 4.69) is 5.09 Å². The predicted molar refractivity (Wildman–Crippen MR) is 113 cm³/mol. The number of rotatable bonds is 11. The van der Waals surface area contributed by atoms with Crippen LogP contribution in [-0.4, -0.2) is 46.9 Å². The highest BCUT2D eigenvalue weighted by atomic mass is 31.2. The van der Waals surface area contributed by atoms with Crippen molar-refractivity contribution in [3.8, 4) is 5.75 Å². The molecule has 2 unspecified atom stereocenters. The fourth-order valence-electron chi connectivity index (χ4n) is 3.04. The zero-order valence-electron chi connectivity index (χ0n) is 17.8. The second-order valence-electron chi connectivity index (χ2n) is 7.51. The van der Waals surface area contributed by atoms with Crippen LogP contribution in [0.1, 0.15) is 46.0 Å². The molecule has 3 N–H and O–H groups in total. The monoisotopic (exact) mass is 459 g/mol. The van der Waals surface area contributed by atoms with Crippen molar-refractivity contribution in [3.05, 3.63) is 42.5 Å². The van der Waals surface area contributed by atoms with E-state index in [0.29, 0.717) is 0 Å². The van der Waals surface area contributed by atoms with Crippen molar-refractivity contribution in [2.75, 3.05) is 6.61 Å². The van der Waals surface area contributed by atoms with Crippen molar-refractivity contribution in [2.45, 2.75) is 70.1 Å². The Morgan fingerprint density at radius 2 is 1.97 bits per heavy atom. The Kier molecular flexibility index (Phi) is 9.65.